The van der Waals surface area contributed by atoms with Gasteiger partial charge in [-0.25, -0.2) is 0 Å². The molecular weight excluding hydrogens is 242 g/mol. The van der Waals surface area contributed by atoms with Crippen molar-refractivity contribution in [3.8, 4) is 11.5 Å². The van der Waals surface area contributed by atoms with Gasteiger partial charge in [0, 0.05) is 5.56 Å². The number of halogens is 1. The highest BCUT2D eigenvalue weighted by atomic mass is 35.5. The normalized spacial score (nSPS) is 14.4. The summed E-state index contributed by atoms with van der Waals surface area (Å²) in [4.78, 5) is 13.9. The van der Waals surface area contributed by atoms with Crippen LogP contribution in [0.1, 0.15) is 17.3 Å². The summed E-state index contributed by atoms with van der Waals surface area (Å²) in [5, 5.41) is 0. The molecule has 1 atom stereocenters. The third-order valence-electron chi connectivity index (χ3n) is 2.81. The van der Waals surface area contributed by atoms with Crippen LogP contribution < -0.4 is 9.47 Å². The highest BCUT2D eigenvalue weighted by Crippen LogP contribution is 2.32. The molecule has 1 unspecified atom stereocenters. The number of Topliss-reactive ketones (excluding diaryl/α,β-unsaturated/α-hetero) is 1. The SMILES string of the molecule is CC(C(=O)c1ccc2c(c1)OCO2)N(C)C.Cl. The van der Waals surface area contributed by atoms with Crippen molar-refractivity contribution in [2.24, 2.45) is 0 Å². The number of benzene rings is 1. The Hall–Kier alpha value is -1.26. The van der Waals surface area contributed by atoms with E-state index in [0.717, 1.165) is 0 Å². The van der Waals surface area contributed by atoms with Gasteiger partial charge in [0.05, 0.1) is 6.04 Å². The average Bonchev–Trinajstić information content (AvgIpc) is 2.73. The van der Waals surface area contributed by atoms with E-state index in [2.05, 4.69) is 0 Å². The minimum absolute atomic E-state index is 0. The average molecular weight is 258 g/mol. The van der Waals surface area contributed by atoms with Gasteiger partial charge in [0.15, 0.2) is 17.3 Å². The molecule has 0 aliphatic carbocycles. The topological polar surface area (TPSA) is 38.8 Å². The molecule has 4 nitrogen and oxygen atoms in total. The molecule has 1 aliphatic heterocycles. The summed E-state index contributed by atoms with van der Waals surface area (Å²) in [6.45, 7) is 2.11. The Morgan fingerprint density at radius 3 is 2.59 bits per heavy atom. The molecule has 0 radical (unpaired) electrons. The molecule has 94 valence electrons. The van der Waals surface area contributed by atoms with Gasteiger partial charge in [0.25, 0.3) is 0 Å². The van der Waals surface area contributed by atoms with Gasteiger partial charge in [-0.15, -0.1) is 12.4 Å². The van der Waals surface area contributed by atoms with Crippen molar-refractivity contribution in [3.63, 3.8) is 0 Å². The maximum absolute atomic E-state index is 12.0. The third-order valence-corrected chi connectivity index (χ3v) is 2.81. The summed E-state index contributed by atoms with van der Waals surface area (Å²) < 4.78 is 10.4. The zero-order chi connectivity index (χ0) is 11.7. The van der Waals surface area contributed by atoms with Crippen LogP contribution in [-0.4, -0.2) is 37.6 Å². The fourth-order valence-electron chi connectivity index (χ4n) is 1.53. The minimum atomic E-state index is -0.139. The molecule has 1 aliphatic rings. The smallest absolute Gasteiger partial charge is 0.231 e. The van der Waals surface area contributed by atoms with Gasteiger partial charge in [-0.1, -0.05) is 0 Å². The molecule has 2 rings (SSSR count). The number of hydrogen-bond acceptors (Lipinski definition) is 4. The zero-order valence-corrected chi connectivity index (χ0v) is 10.9. The standard InChI is InChI=1S/C12H15NO3.ClH/c1-8(13(2)3)12(14)9-4-5-10-11(6-9)16-7-15-10;/h4-6,8H,7H2,1-3H3;1H. The van der Waals surface area contributed by atoms with Gasteiger partial charge in [-0.2, -0.15) is 0 Å². The van der Waals surface area contributed by atoms with E-state index in [4.69, 9.17) is 9.47 Å². The van der Waals surface area contributed by atoms with Gasteiger partial charge >= 0.3 is 0 Å². The van der Waals surface area contributed by atoms with Crippen LogP contribution in [0.25, 0.3) is 0 Å². The molecular formula is C12H16ClNO3. The van der Waals surface area contributed by atoms with E-state index in [1.165, 1.54) is 0 Å². The summed E-state index contributed by atoms with van der Waals surface area (Å²) in [5.74, 6) is 1.44. The largest absolute Gasteiger partial charge is 0.454 e. The predicted octanol–water partition coefficient (Wildman–Crippen LogP) is 1.97. The van der Waals surface area contributed by atoms with Gasteiger partial charge in [-0.05, 0) is 39.2 Å². The predicted molar refractivity (Wildman–Crippen MR) is 67.3 cm³/mol. The lowest BCUT2D eigenvalue weighted by atomic mass is 10.0. The Kier molecular flexibility index (Phi) is 4.37. The number of carbonyl (C=O) groups is 1. The lowest BCUT2D eigenvalue weighted by Crippen LogP contribution is -2.32. The summed E-state index contributed by atoms with van der Waals surface area (Å²) in [6, 6.07) is 5.15. The van der Waals surface area contributed by atoms with E-state index < -0.39 is 0 Å². The van der Waals surface area contributed by atoms with Crippen molar-refractivity contribution < 1.29 is 14.3 Å². The minimum Gasteiger partial charge on any atom is -0.454 e. The van der Waals surface area contributed by atoms with E-state index in [9.17, 15) is 4.79 Å². The quantitative estimate of drug-likeness (QED) is 0.776. The lowest BCUT2D eigenvalue weighted by molar-refractivity contribution is 0.0890. The Labute approximate surface area is 107 Å². The molecule has 0 bridgehead atoms. The van der Waals surface area contributed by atoms with Crippen molar-refractivity contribution >= 4 is 18.2 Å². The first-order valence-corrected chi connectivity index (χ1v) is 5.20. The van der Waals surface area contributed by atoms with E-state index in [1.54, 1.807) is 18.2 Å². The molecule has 1 heterocycles. The van der Waals surface area contributed by atoms with E-state index in [0.29, 0.717) is 17.1 Å². The van der Waals surface area contributed by atoms with Gasteiger partial charge in [0.2, 0.25) is 6.79 Å². The van der Waals surface area contributed by atoms with Gasteiger partial charge in [0.1, 0.15) is 0 Å². The zero-order valence-electron chi connectivity index (χ0n) is 10.1. The van der Waals surface area contributed by atoms with E-state index >= 15 is 0 Å². The van der Waals surface area contributed by atoms with Crippen LogP contribution >= 0.6 is 12.4 Å². The molecule has 1 aromatic rings. The molecule has 0 saturated heterocycles. The first-order valence-electron chi connectivity index (χ1n) is 5.20. The molecule has 0 spiro atoms. The number of ketones is 1. The monoisotopic (exact) mass is 257 g/mol. The molecule has 0 amide bonds. The maximum Gasteiger partial charge on any atom is 0.231 e. The van der Waals surface area contributed by atoms with Crippen molar-refractivity contribution in [1.82, 2.24) is 4.90 Å². The summed E-state index contributed by atoms with van der Waals surface area (Å²) in [7, 11) is 3.77. The van der Waals surface area contributed by atoms with Crippen molar-refractivity contribution in [3.05, 3.63) is 23.8 Å². The first-order chi connectivity index (χ1) is 7.59. The van der Waals surface area contributed by atoms with E-state index in [1.807, 2.05) is 25.9 Å². The van der Waals surface area contributed by atoms with Crippen LogP contribution in [-0.2, 0) is 0 Å². The highest BCUT2D eigenvalue weighted by molar-refractivity contribution is 6.00. The molecule has 0 N–H and O–H groups in total. The number of hydrogen-bond donors (Lipinski definition) is 0. The number of ether oxygens (including phenoxy) is 2. The van der Waals surface area contributed by atoms with Crippen LogP contribution in [0.4, 0.5) is 0 Å². The highest BCUT2D eigenvalue weighted by Gasteiger charge is 2.20. The summed E-state index contributed by atoms with van der Waals surface area (Å²) in [5.41, 5.74) is 0.658. The van der Waals surface area contributed by atoms with Crippen LogP contribution in [0.5, 0.6) is 11.5 Å². The van der Waals surface area contributed by atoms with Crippen LogP contribution in [0.15, 0.2) is 18.2 Å². The maximum atomic E-state index is 12.0. The molecule has 17 heavy (non-hydrogen) atoms. The van der Waals surface area contributed by atoms with Crippen LogP contribution in [0, 0.1) is 0 Å². The Bertz CT molecular complexity index is 420. The number of fused-ring (bicyclic) bond motifs is 1. The van der Waals surface area contributed by atoms with Crippen molar-refractivity contribution in [1.29, 1.82) is 0 Å². The summed E-state index contributed by atoms with van der Waals surface area (Å²) >= 11 is 0. The number of nitrogens with zero attached hydrogens (tertiary/aromatic N) is 1. The Balaban J connectivity index is 0.00000144. The Morgan fingerprint density at radius 1 is 1.29 bits per heavy atom. The molecule has 0 fully saturated rings. The fourth-order valence-corrected chi connectivity index (χ4v) is 1.53. The molecule has 5 heteroatoms. The second-order valence-corrected chi connectivity index (χ2v) is 4.07. The fraction of sp³-hybridized carbons (Fsp3) is 0.417. The van der Waals surface area contributed by atoms with Gasteiger partial charge in [-0.3, -0.25) is 9.69 Å². The number of carbonyl (C=O) groups excluding carboxylic acids is 1. The van der Waals surface area contributed by atoms with Crippen molar-refractivity contribution in [2.45, 2.75) is 13.0 Å². The molecule has 0 saturated carbocycles. The van der Waals surface area contributed by atoms with Crippen molar-refractivity contribution in [2.75, 3.05) is 20.9 Å². The third kappa shape index (κ3) is 2.70. The molecule has 0 aromatic heterocycles. The second-order valence-electron chi connectivity index (χ2n) is 4.07. The Morgan fingerprint density at radius 2 is 1.94 bits per heavy atom. The van der Waals surface area contributed by atoms with Crippen LogP contribution in [0.3, 0.4) is 0 Å². The van der Waals surface area contributed by atoms with E-state index in [-0.39, 0.29) is 31.0 Å². The summed E-state index contributed by atoms with van der Waals surface area (Å²) in [6.07, 6.45) is 0. The second kappa shape index (κ2) is 5.38. The number of rotatable bonds is 3. The van der Waals surface area contributed by atoms with Gasteiger partial charge < -0.3 is 9.47 Å². The first kappa shape index (κ1) is 13.8. The van der Waals surface area contributed by atoms with Crippen LogP contribution in [0.2, 0.25) is 0 Å². The number of likely N-dealkylation sites (N-methyl/N-ethyl adjacent to an activating group) is 1. The lowest BCUT2D eigenvalue weighted by Gasteiger charge is -2.18. The molecule has 1 aromatic carbocycles.